The topological polar surface area (TPSA) is 92.7 Å². The number of amides is 1. The Morgan fingerprint density at radius 1 is 1.14 bits per heavy atom. The average Bonchev–Trinajstić information content (AvgIpc) is 3.37. The Balaban J connectivity index is 1.41. The molecule has 1 fully saturated rings. The summed E-state index contributed by atoms with van der Waals surface area (Å²) < 4.78 is 10.7. The third-order valence-electron chi connectivity index (χ3n) is 4.69. The molecule has 0 saturated carbocycles. The van der Waals surface area contributed by atoms with E-state index in [1.807, 2.05) is 37.2 Å². The lowest BCUT2D eigenvalue weighted by atomic mass is 10.1. The molecule has 1 saturated heterocycles. The quantitative estimate of drug-likeness (QED) is 0.792. The maximum absolute atomic E-state index is 12.4. The van der Waals surface area contributed by atoms with Crippen molar-refractivity contribution >= 4 is 17.8 Å². The van der Waals surface area contributed by atoms with Crippen LogP contribution in [0.2, 0.25) is 0 Å². The van der Waals surface area contributed by atoms with Crippen molar-refractivity contribution in [1.82, 2.24) is 20.3 Å². The van der Waals surface area contributed by atoms with E-state index in [0.29, 0.717) is 29.2 Å². The van der Waals surface area contributed by atoms with Gasteiger partial charge in [-0.3, -0.25) is 4.79 Å². The van der Waals surface area contributed by atoms with Crippen LogP contribution in [0.25, 0.3) is 0 Å². The van der Waals surface area contributed by atoms with E-state index in [2.05, 4.69) is 25.2 Å². The van der Waals surface area contributed by atoms with Crippen LogP contribution in [0.5, 0.6) is 11.5 Å². The first-order valence-electron chi connectivity index (χ1n) is 9.41. The van der Waals surface area contributed by atoms with Gasteiger partial charge in [-0.05, 0) is 30.5 Å². The molecule has 28 heavy (non-hydrogen) atoms. The predicted molar refractivity (Wildman–Crippen MR) is 104 cm³/mol. The van der Waals surface area contributed by atoms with E-state index >= 15 is 0 Å². The van der Waals surface area contributed by atoms with E-state index in [-0.39, 0.29) is 25.7 Å². The number of carbonyl (C=O) groups is 1. The lowest BCUT2D eigenvalue weighted by molar-refractivity contribution is -0.120. The van der Waals surface area contributed by atoms with Crippen LogP contribution < -0.4 is 24.6 Å². The van der Waals surface area contributed by atoms with Gasteiger partial charge in [0.25, 0.3) is 0 Å². The normalized spacial score (nSPS) is 15.0. The van der Waals surface area contributed by atoms with Gasteiger partial charge in [0, 0.05) is 27.2 Å². The van der Waals surface area contributed by atoms with Crippen LogP contribution in [0, 0.1) is 0 Å². The van der Waals surface area contributed by atoms with Crippen molar-refractivity contribution in [1.29, 1.82) is 0 Å². The van der Waals surface area contributed by atoms with Crippen molar-refractivity contribution in [3.8, 4) is 11.5 Å². The lowest BCUT2D eigenvalue weighted by Gasteiger charge is -2.19. The minimum atomic E-state index is -0.103. The second-order valence-electron chi connectivity index (χ2n) is 7.08. The number of rotatable bonds is 6. The molecule has 0 radical (unpaired) electrons. The van der Waals surface area contributed by atoms with Gasteiger partial charge in [0.1, 0.15) is 0 Å². The monoisotopic (exact) mass is 384 g/mol. The summed E-state index contributed by atoms with van der Waals surface area (Å²) in [6, 6.07) is 5.52. The third-order valence-corrected chi connectivity index (χ3v) is 4.69. The second-order valence-corrected chi connectivity index (χ2v) is 7.08. The summed E-state index contributed by atoms with van der Waals surface area (Å²) in [6.07, 6.45) is 2.54. The average molecular weight is 384 g/mol. The van der Waals surface area contributed by atoms with Gasteiger partial charge in [-0.15, -0.1) is 0 Å². The van der Waals surface area contributed by atoms with Crippen LogP contribution in [0.4, 0.5) is 11.9 Å². The highest BCUT2D eigenvalue weighted by Crippen LogP contribution is 2.32. The van der Waals surface area contributed by atoms with E-state index in [0.717, 1.165) is 31.5 Å². The molecule has 1 aromatic carbocycles. The van der Waals surface area contributed by atoms with Crippen molar-refractivity contribution in [3.05, 3.63) is 29.6 Å². The van der Waals surface area contributed by atoms with Crippen molar-refractivity contribution in [2.24, 2.45) is 0 Å². The molecule has 0 unspecified atom stereocenters. The van der Waals surface area contributed by atoms with Crippen LogP contribution in [0.1, 0.15) is 24.2 Å². The van der Waals surface area contributed by atoms with Crippen molar-refractivity contribution in [2.75, 3.05) is 43.8 Å². The molecule has 1 N–H and O–H groups in total. The molecular weight excluding hydrogens is 360 g/mol. The van der Waals surface area contributed by atoms with Crippen LogP contribution in [-0.4, -0.2) is 54.8 Å². The van der Waals surface area contributed by atoms with Crippen LogP contribution >= 0.6 is 0 Å². The molecule has 3 heterocycles. The Morgan fingerprint density at radius 3 is 2.71 bits per heavy atom. The summed E-state index contributed by atoms with van der Waals surface area (Å²) in [7, 11) is 3.79. The van der Waals surface area contributed by atoms with E-state index in [9.17, 15) is 4.79 Å². The second kappa shape index (κ2) is 7.87. The Hall–Kier alpha value is -3.10. The van der Waals surface area contributed by atoms with Crippen LogP contribution in [-0.2, 0) is 17.8 Å². The Labute approximate surface area is 163 Å². The number of hydrogen-bond donors (Lipinski definition) is 1. The summed E-state index contributed by atoms with van der Waals surface area (Å²) in [5.41, 5.74) is 0.865. The zero-order valence-corrected chi connectivity index (χ0v) is 16.1. The van der Waals surface area contributed by atoms with Gasteiger partial charge >= 0.3 is 0 Å². The molecular formula is C19H24N6O3. The van der Waals surface area contributed by atoms with Crippen molar-refractivity contribution in [2.45, 2.75) is 25.8 Å². The molecule has 9 nitrogen and oxygen atoms in total. The number of anilines is 2. The molecule has 9 heteroatoms. The van der Waals surface area contributed by atoms with Gasteiger partial charge in [0.2, 0.25) is 24.6 Å². The molecule has 0 aliphatic carbocycles. The Morgan fingerprint density at radius 2 is 1.93 bits per heavy atom. The fourth-order valence-corrected chi connectivity index (χ4v) is 3.21. The molecule has 0 atom stereocenters. The number of nitrogens with zero attached hydrogens (tertiary/aromatic N) is 5. The number of ether oxygens (including phenoxy) is 2. The molecule has 1 aromatic heterocycles. The number of hydrogen-bond acceptors (Lipinski definition) is 8. The SMILES string of the molecule is CN(C)c1nc(CNC(=O)Cc2ccc3c(c2)OCO3)nc(N2CCCC2)n1. The van der Waals surface area contributed by atoms with E-state index < -0.39 is 0 Å². The lowest BCUT2D eigenvalue weighted by Crippen LogP contribution is -2.28. The van der Waals surface area contributed by atoms with Crippen molar-refractivity contribution < 1.29 is 14.3 Å². The summed E-state index contributed by atoms with van der Waals surface area (Å²) in [5, 5.41) is 2.90. The smallest absolute Gasteiger partial charge is 0.231 e. The third kappa shape index (κ3) is 4.08. The highest BCUT2D eigenvalue weighted by Gasteiger charge is 2.19. The predicted octanol–water partition coefficient (Wildman–Crippen LogP) is 1.13. The van der Waals surface area contributed by atoms with Gasteiger partial charge in [0.15, 0.2) is 17.3 Å². The van der Waals surface area contributed by atoms with Gasteiger partial charge in [0.05, 0.1) is 13.0 Å². The molecule has 4 rings (SSSR count). The van der Waals surface area contributed by atoms with Crippen molar-refractivity contribution in [3.63, 3.8) is 0 Å². The maximum Gasteiger partial charge on any atom is 0.231 e. The molecule has 0 bridgehead atoms. The molecule has 2 aliphatic rings. The number of fused-ring (bicyclic) bond motifs is 1. The number of benzene rings is 1. The standard InChI is InChI=1S/C19H24N6O3/c1-24(2)18-21-16(22-19(23-18)25-7-3-4-8-25)11-20-17(26)10-13-5-6-14-15(9-13)28-12-27-14/h5-6,9H,3-4,7-8,10-12H2,1-2H3,(H,20,26). The highest BCUT2D eigenvalue weighted by molar-refractivity contribution is 5.78. The molecule has 2 aromatic rings. The minimum absolute atomic E-state index is 0.103. The first-order valence-corrected chi connectivity index (χ1v) is 9.41. The minimum Gasteiger partial charge on any atom is -0.454 e. The Kier molecular flexibility index (Phi) is 5.14. The number of carbonyl (C=O) groups excluding carboxylic acids is 1. The Bertz CT molecular complexity index is 867. The number of nitrogens with one attached hydrogen (secondary N) is 1. The first kappa shape index (κ1) is 18.3. The van der Waals surface area contributed by atoms with Gasteiger partial charge in [-0.1, -0.05) is 6.07 Å². The largest absolute Gasteiger partial charge is 0.454 e. The van der Waals surface area contributed by atoms with Gasteiger partial charge in [-0.25, -0.2) is 0 Å². The molecule has 2 aliphatic heterocycles. The summed E-state index contributed by atoms with van der Waals surface area (Å²) in [4.78, 5) is 29.9. The van der Waals surface area contributed by atoms with Gasteiger partial charge < -0.3 is 24.6 Å². The summed E-state index contributed by atoms with van der Waals surface area (Å²) in [5.74, 6) is 3.11. The fraction of sp³-hybridized carbons (Fsp3) is 0.474. The van der Waals surface area contributed by atoms with E-state index in [1.165, 1.54) is 0 Å². The molecule has 148 valence electrons. The highest BCUT2D eigenvalue weighted by atomic mass is 16.7. The van der Waals surface area contributed by atoms with E-state index in [4.69, 9.17) is 9.47 Å². The summed E-state index contributed by atoms with van der Waals surface area (Å²) >= 11 is 0. The zero-order chi connectivity index (χ0) is 19.5. The number of aromatic nitrogens is 3. The maximum atomic E-state index is 12.4. The fourth-order valence-electron chi connectivity index (χ4n) is 3.21. The van der Waals surface area contributed by atoms with E-state index in [1.54, 1.807) is 0 Å². The van der Waals surface area contributed by atoms with Crippen LogP contribution in [0.15, 0.2) is 18.2 Å². The molecule has 0 spiro atoms. The van der Waals surface area contributed by atoms with Gasteiger partial charge in [-0.2, -0.15) is 15.0 Å². The molecule has 1 amide bonds. The van der Waals surface area contributed by atoms with Crippen LogP contribution in [0.3, 0.4) is 0 Å². The first-order chi connectivity index (χ1) is 13.6. The summed E-state index contributed by atoms with van der Waals surface area (Å²) in [6.45, 7) is 2.38. The zero-order valence-electron chi connectivity index (χ0n) is 16.1.